The number of nitrogens with zero attached hydrogens (tertiary/aromatic N) is 4. The molecule has 0 aliphatic carbocycles. The van der Waals surface area contributed by atoms with Crippen LogP contribution in [0.25, 0.3) is 11.3 Å². The normalized spacial score (nSPS) is 10.4. The largest absolute Gasteiger partial charge is 0.299 e. The van der Waals surface area contributed by atoms with Crippen molar-refractivity contribution >= 4 is 22.4 Å². The van der Waals surface area contributed by atoms with Gasteiger partial charge in [0.05, 0.1) is 5.69 Å². The molecule has 3 rings (SSSR count). The Kier molecular flexibility index (Phi) is 3.21. The fourth-order valence-corrected chi connectivity index (χ4v) is 2.31. The summed E-state index contributed by atoms with van der Waals surface area (Å²) < 4.78 is 0. The Balaban J connectivity index is 1.77. The standard InChI is InChI=1S/C12H10N6OS/c1-7-2-4-8(5-3-7)9-6-20-12(13-9)14-11(19)10-15-17-18-16-10/h2-6H,1H3,(H,13,14,19)(H,15,16,17,18). The van der Waals surface area contributed by atoms with Crippen molar-refractivity contribution in [3.63, 3.8) is 0 Å². The third kappa shape index (κ3) is 2.54. The van der Waals surface area contributed by atoms with E-state index in [0.717, 1.165) is 11.3 Å². The Bertz CT molecular complexity index is 719. The van der Waals surface area contributed by atoms with Crippen LogP contribution in [0.5, 0.6) is 0 Å². The van der Waals surface area contributed by atoms with Gasteiger partial charge in [0.15, 0.2) is 5.13 Å². The highest BCUT2D eigenvalue weighted by Crippen LogP contribution is 2.25. The summed E-state index contributed by atoms with van der Waals surface area (Å²) in [5, 5.41) is 17.8. The molecule has 0 saturated heterocycles. The lowest BCUT2D eigenvalue weighted by molar-refractivity contribution is 0.101. The molecule has 0 unspecified atom stereocenters. The minimum absolute atomic E-state index is 0.0166. The first kappa shape index (κ1) is 12.4. The van der Waals surface area contributed by atoms with Crippen molar-refractivity contribution in [1.29, 1.82) is 0 Å². The van der Waals surface area contributed by atoms with Crippen molar-refractivity contribution in [1.82, 2.24) is 25.6 Å². The molecule has 1 amide bonds. The molecule has 100 valence electrons. The van der Waals surface area contributed by atoms with E-state index in [9.17, 15) is 4.79 Å². The van der Waals surface area contributed by atoms with E-state index in [2.05, 4.69) is 30.9 Å². The van der Waals surface area contributed by atoms with Gasteiger partial charge < -0.3 is 0 Å². The van der Waals surface area contributed by atoms with Crippen LogP contribution in [-0.4, -0.2) is 31.5 Å². The Morgan fingerprint density at radius 1 is 1.30 bits per heavy atom. The summed E-state index contributed by atoms with van der Waals surface area (Å²) in [6.45, 7) is 2.03. The molecule has 0 fully saturated rings. The van der Waals surface area contributed by atoms with Crippen LogP contribution in [0, 0.1) is 6.92 Å². The minimum atomic E-state index is -0.441. The van der Waals surface area contributed by atoms with E-state index in [-0.39, 0.29) is 5.82 Å². The number of carbonyl (C=O) groups excluding carboxylic acids is 1. The zero-order chi connectivity index (χ0) is 13.9. The first-order valence-corrected chi connectivity index (χ1v) is 6.68. The highest BCUT2D eigenvalue weighted by Gasteiger charge is 2.13. The molecule has 3 aromatic rings. The second-order valence-electron chi connectivity index (χ2n) is 4.09. The van der Waals surface area contributed by atoms with Crippen LogP contribution in [0.2, 0.25) is 0 Å². The van der Waals surface area contributed by atoms with Crippen molar-refractivity contribution in [3.8, 4) is 11.3 Å². The molecule has 0 saturated carbocycles. The van der Waals surface area contributed by atoms with Crippen LogP contribution >= 0.6 is 11.3 Å². The molecule has 7 nitrogen and oxygen atoms in total. The molecule has 0 spiro atoms. The summed E-state index contributed by atoms with van der Waals surface area (Å²) in [7, 11) is 0. The maximum Gasteiger partial charge on any atom is 0.299 e. The lowest BCUT2D eigenvalue weighted by Crippen LogP contribution is -2.13. The number of tetrazole rings is 1. The molecule has 0 radical (unpaired) electrons. The first-order valence-electron chi connectivity index (χ1n) is 5.80. The van der Waals surface area contributed by atoms with Crippen molar-refractivity contribution in [3.05, 3.63) is 41.0 Å². The molecule has 2 aromatic heterocycles. The number of thiazole rings is 1. The second-order valence-corrected chi connectivity index (χ2v) is 4.95. The number of benzene rings is 1. The van der Waals surface area contributed by atoms with Gasteiger partial charge >= 0.3 is 0 Å². The smallest absolute Gasteiger partial charge is 0.295 e. The topological polar surface area (TPSA) is 96.5 Å². The zero-order valence-corrected chi connectivity index (χ0v) is 11.3. The molecule has 2 heterocycles. The molecule has 0 aliphatic rings. The van der Waals surface area contributed by atoms with E-state index in [1.54, 1.807) is 0 Å². The van der Waals surface area contributed by atoms with Gasteiger partial charge in [-0.15, -0.1) is 21.5 Å². The van der Waals surface area contributed by atoms with Crippen molar-refractivity contribution < 1.29 is 4.79 Å². The van der Waals surface area contributed by atoms with Gasteiger partial charge in [0.2, 0.25) is 0 Å². The maximum atomic E-state index is 11.7. The van der Waals surface area contributed by atoms with E-state index < -0.39 is 5.91 Å². The molecule has 0 bridgehead atoms. The van der Waals surface area contributed by atoms with E-state index >= 15 is 0 Å². The number of rotatable bonds is 3. The Labute approximate surface area is 118 Å². The third-order valence-electron chi connectivity index (χ3n) is 2.62. The maximum absolute atomic E-state index is 11.7. The van der Waals surface area contributed by atoms with Crippen LogP contribution in [-0.2, 0) is 0 Å². The molecular weight excluding hydrogens is 276 g/mol. The van der Waals surface area contributed by atoms with Crippen LogP contribution in [0.1, 0.15) is 16.2 Å². The molecule has 0 atom stereocenters. The molecule has 20 heavy (non-hydrogen) atoms. The molecular formula is C12H10N6OS. The molecule has 8 heteroatoms. The highest BCUT2D eigenvalue weighted by atomic mass is 32.1. The quantitative estimate of drug-likeness (QED) is 0.766. The SMILES string of the molecule is Cc1ccc(-c2csc(NC(=O)c3nn[nH]n3)n2)cc1. The Morgan fingerprint density at radius 2 is 2.10 bits per heavy atom. The molecule has 2 N–H and O–H groups in total. The van der Waals surface area contributed by atoms with Gasteiger partial charge in [0, 0.05) is 10.9 Å². The zero-order valence-electron chi connectivity index (χ0n) is 10.5. The minimum Gasteiger partial charge on any atom is -0.295 e. The van der Waals surface area contributed by atoms with Crippen molar-refractivity contribution in [2.24, 2.45) is 0 Å². The van der Waals surface area contributed by atoms with Crippen LogP contribution in [0.15, 0.2) is 29.6 Å². The van der Waals surface area contributed by atoms with Gasteiger partial charge in [-0.05, 0) is 12.1 Å². The fraction of sp³-hybridized carbons (Fsp3) is 0.0833. The number of aromatic nitrogens is 5. The van der Waals surface area contributed by atoms with Crippen LogP contribution < -0.4 is 5.32 Å². The average molecular weight is 286 g/mol. The fourth-order valence-electron chi connectivity index (χ4n) is 1.60. The lowest BCUT2D eigenvalue weighted by atomic mass is 10.1. The van der Waals surface area contributed by atoms with Gasteiger partial charge in [-0.25, -0.2) is 4.98 Å². The number of H-pyrrole nitrogens is 1. The number of anilines is 1. The summed E-state index contributed by atoms with van der Waals surface area (Å²) in [4.78, 5) is 16.1. The number of hydrogen-bond donors (Lipinski definition) is 2. The van der Waals surface area contributed by atoms with Gasteiger partial charge in [-0.1, -0.05) is 29.8 Å². The number of amides is 1. The molecule has 0 aliphatic heterocycles. The summed E-state index contributed by atoms with van der Waals surface area (Å²) in [6, 6.07) is 8.03. The van der Waals surface area contributed by atoms with E-state index in [1.807, 2.05) is 36.6 Å². The van der Waals surface area contributed by atoms with Crippen molar-refractivity contribution in [2.75, 3.05) is 5.32 Å². The van der Waals surface area contributed by atoms with E-state index in [0.29, 0.717) is 5.13 Å². The summed E-state index contributed by atoms with van der Waals surface area (Å²) in [5.74, 6) is -0.458. The van der Waals surface area contributed by atoms with Gasteiger partial charge in [-0.2, -0.15) is 5.21 Å². The summed E-state index contributed by atoms with van der Waals surface area (Å²) >= 11 is 1.34. The Hall–Kier alpha value is -2.61. The number of aryl methyl sites for hydroxylation is 1. The van der Waals surface area contributed by atoms with Gasteiger partial charge in [0.25, 0.3) is 11.7 Å². The lowest BCUT2D eigenvalue weighted by Gasteiger charge is -1.98. The van der Waals surface area contributed by atoms with Gasteiger partial charge in [-0.3, -0.25) is 10.1 Å². The summed E-state index contributed by atoms with van der Waals surface area (Å²) in [5.41, 5.74) is 3.01. The monoisotopic (exact) mass is 286 g/mol. The number of nitrogens with one attached hydrogen (secondary N) is 2. The van der Waals surface area contributed by atoms with E-state index in [4.69, 9.17) is 0 Å². The molecule has 1 aromatic carbocycles. The average Bonchev–Trinajstić information content (AvgIpc) is 3.10. The number of hydrogen-bond acceptors (Lipinski definition) is 6. The highest BCUT2D eigenvalue weighted by molar-refractivity contribution is 7.14. The predicted molar refractivity (Wildman–Crippen MR) is 74.4 cm³/mol. The predicted octanol–water partition coefficient (Wildman–Crippen LogP) is 1.88. The Morgan fingerprint density at radius 3 is 2.80 bits per heavy atom. The third-order valence-corrected chi connectivity index (χ3v) is 3.38. The van der Waals surface area contributed by atoms with Gasteiger partial charge in [0.1, 0.15) is 0 Å². The van der Waals surface area contributed by atoms with E-state index in [1.165, 1.54) is 16.9 Å². The summed E-state index contributed by atoms with van der Waals surface area (Å²) in [6.07, 6.45) is 0. The number of carbonyl (C=O) groups is 1. The van der Waals surface area contributed by atoms with Crippen LogP contribution in [0.4, 0.5) is 5.13 Å². The van der Waals surface area contributed by atoms with Crippen molar-refractivity contribution in [2.45, 2.75) is 6.92 Å². The number of aromatic amines is 1. The first-order chi connectivity index (χ1) is 9.72. The second kappa shape index (κ2) is 5.17. The van der Waals surface area contributed by atoms with Crippen LogP contribution in [0.3, 0.4) is 0 Å².